The zero-order valence-electron chi connectivity index (χ0n) is 13.3. The Balaban J connectivity index is 2.83. The average Bonchev–Trinajstić information content (AvgIpc) is 2.40. The molecule has 1 rings (SSSR count). The van der Waals surface area contributed by atoms with Gasteiger partial charge < -0.3 is 10.6 Å². The van der Waals surface area contributed by atoms with Gasteiger partial charge in [-0.15, -0.1) is 0 Å². The molecule has 1 amide bonds. The summed E-state index contributed by atoms with van der Waals surface area (Å²) in [7, 11) is 3.57. The fourth-order valence-corrected chi connectivity index (χ4v) is 2.26. The van der Waals surface area contributed by atoms with Gasteiger partial charge in [0.1, 0.15) is 4.99 Å². The molecule has 4 nitrogen and oxygen atoms in total. The first-order chi connectivity index (χ1) is 9.85. The summed E-state index contributed by atoms with van der Waals surface area (Å²) in [6, 6.07) is 6.00. The van der Waals surface area contributed by atoms with E-state index in [4.69, 9.17) is 18.0 Å². The van der Waals surface area contributed by atoms with Crippen LogP contribution in [0, 0.1) is 6.92 Å². The third-order valence-electron chi connectivity index (χ3n) is 3.42. The van der Waals surface area contributed by atoms with Gasteiger partial charge in [-0.05, 0) is 37.1 Å². The second-order valence-corrected chi connectivity index (χ2v) is 5.94. The van der Waals surface area contributed by atoms with Gasteiger partial charge in [-0.3, -0.25) is 9.69 Å². The molecule has 0 radical (unpaired) electrons. The van der Waals surface area contributed by atoms with E-state index in [1.807, 2.05) is 18.2 Å². The van der Waals surface area contributed by atoms with Gasteiger partial charge in [0.2, 0.25) is 5.91 Å². The molecule has 0 heterocycles. The van der Waals surface area contributed by atoms with E-state index in [1.165, 1.54) is 5.56 Å². The molecule has 0 saturated carbocycles. The molecule has 21 heavy (non-hydrogen) atoms. The van der Waals surface area contributed by atoms with E-state index in [0.717, 1.165) is 30.6 Å². The summed E-state index contributed by atoms with van der Waals surface area (Å²) in [6.45, 7) is 6.27. The van der Waals surface area contributed by atoms with E-state index < -0.39 is 0 Å². The van der Waals surface area contributed by atoms with E-state index in [2.05, 4.69) is 18.7 Å². The lowest BCUT2D eigenvalue weighted by Gasteiger charge is -2.24. The summed E-state index contributed by atoms with van der Waals surface area (Å²) in [5.74, 6) is 0.126. The van der Waals surface area contributed by atoms with Crippen molar-refractivity contribution in [2.45, 2.75) is 26.8 Å². The van der Waals surface area contributed by atoms with Crippen molar-refractivity contribution in [3.8, 4) is 0 Å². The zero-order valence-corrected chi connectivity index (χ0v) is 14.2. The highest BCUT2D eigenvalue weighted by molar-refractivity contribution is 7.80. The molecule has 2 N–H and O–H groups in total. The molecule has 116 valence electrons. The second-order valence-electron chi connectivity index (χ2n) is 5.50. The highest BCUT2D eigenvalue weighted by atomic mass is 32.1. The van der Waals surface area contributed by atoms with Gasteiger partial charge in [0, 0.05) is 26.2 Å². The molecule has 0 unspecified atom stereocenters. The maximum atomic E-state index is 11.9. The fraction of sp³-hybridized carbons (Fsp3) is 0.500. The van der Waals surface area contributed by atoms with E-state index in [1.54, 1.807) is 19.0 Å². The topological polar surface area (TPSA) is 49.6 Å². The first kappa shape index (κ1) is 17.6. The molecule has 0 saturated heterocycles. The maximum Gasteiger partial charge on any atom is 0.236 e. The van der Waals surface area contributed by atoms with Crippen LogP contribution in [0.4, 0.5) is 0 Å². The van der Waals surface area contributed by atoms with Crippen molar-refractivity contribution >= 4 is 23.1 Å². The highest BCUT2D eigenvalue weighted by Crippen LogP contribution is 2.14. The van der Waals surface area contributed by atoms with Crippen molar-refractivity contribution < 1.29 is 4.79 Å². The predicted octanol–water partition coefficient (Wildman–Crippen LogP) is 1.93. The lowest BCUT2D eigenvalue weighted by molar-refractivity contribution is -0.130. The van der Waals surface area contributed by atoms with Crippen LogP contribution >= 0.6 is 12.2 Å². The molecule has 1 aromatic rings. The molecule has 0 aromatic heterocycles. The molecule has 5 heteroatoms. The number of carbonyl (C=O) groups excluding carboxylic acids is 1. The molecule has 0 atom stereocenters. The van der Waals surface area contributed by atoms with E-state index in [0.29, 0.717) is 11.5 Å². The van der Waals surface area contributed by atoms with Crippen LogP contribution in [0.2, 0.25) is 0 Å². The number of aryl methyl sites for hydroxylation is 1. The summed E-state index contributed by atoms with van der Waals surface area (Å²) in [5, 5.41) is 0. The van der Waals surface area contributed by atoms with Crippen LogP contribution in [0.5, 0.6) is 0 Å². The van der Waals surface area contributed by atoms with E-state index in [9.17, 15) is 4.79 Å². The largest absolute Gasteiger partial charge is 0.389 e. The van der Waals surface area contributed by atoms with Crippen LogP contribution in [0.25, 0.3) is 0 Å². The summed E-state index contributed by atoms with van der Waals surface area (Å²) >= 11 is 5.00. The standard InChI is InChI=1S/C16H25N3OS/c1-5-8-19(11-15(20)18(3)4)10-14-7-6-13(16(17)21)9-12(14)2/h6-7,9H,5,8,10-11H2,1-4H3,(H2,17,21). The Morgan fingerprint density at radius 1 is 1.33 bits per heavy atom. The number of carbonyl (C=O) groups is 1. The maximum absolute atomic E-state index is 11.9. The minimum atomic E-state index is 0.126. The van der Waals surface area contributed by atoms with Gasteiger partial charge in [0.05, 0.1) is 6.54 Å². The van der Waals surface area contributed by atoms with Crippen LogP contribution in [0.1, 0.15) is 30.0 Å². The smallest absolute Gasteiger partial charge is 0.236 e. The number of nitrogens with zero attached hydrogens (tertiary/aromatic N) is 2. The molecule has 0 aliphatic rings. The van der Waals surface area contributed by atoms with Crippen molar-refractivity contribution in [1.82, 2.24) is 9.80 Å². The fourth-order valence-electron chi connectivity index (χ4n) is 2.13. The van der Waals surface area contributed by atoms with Crippen LogP contribution in [0.3, 0.4) is 0 Å². The molecule has 0 spiro atoms. The number of benzene rings is 1. The van der Waals surface area contributed by atoms with Crippen molar-refractivity contribution in [2.75, 3.05) is 27.2 Å². The molecule has 0 aliphatic heterocycles. The molecule has 0 aliphatic carbocycles. The Morgan fingerprint density at radius 3 is 2.48 bits per heavy atom. The minimum Gasteiger partial charge on any atom is -0.389 e. The Morgan fingerprint density at radius 2 is 2.00 bits per heavy atom. The molecule has 0 bridgehead atoms. The molecule has 1 aromatic carbocycles. The number of hydrogen-bond donors (Lipinski definition) is 1. The SMILES string of the molecule is CCCN(CC(=O)N(C)C)Cc1ccc(C(N)=S)cc1C. The first-order valence-electron chi connectivity index (χ1n) is 7.17. The lowest BCUT2D eigenvalue weighted by atomic mass is 10.0. The van der Waals surface area contributed by atoms with E-state index in [-0.39, 0.29) is 5.91 Å². The summed E-state index contributed by atoms with van der Waals surface area (Å²) in [6.07, 6.45) is 1.02. The Labute approximate surface area is 132 Å². The molecular weight excluding hydrogens is 282 g/mol. The van der Waals surface area contributed by atoms with Crippen LogP contribution < -0.4 is 5.73 Å². The van der Waals surface area contributed by atoms with Gasteiger partial charge >= 0.3 is 0 Å². The highest BCUT2D eigenvalue weighted by Gasteiger charge is 2.13. The number of rotatable bonds is 7. The lowest BCUT2D eigenvalue weighted by Crippen LogP contribution is -2.36. The zero-order chi connectivity index (χ0) is 16.0. The first-order valence-corrected chi connectivity index (χ1v) is 7.57. The number of likely N-dealkylation sites (N-methyl/N-ethyl adjacent to an activating group) is 1. The van der Waals surface area contributed by atoms with E-state index >= 15 is 0 Å². The predicted molar refractivity (Wildman–Crippen MR) is 91.3 cm³/mol. The Hall–Kier alpha value is -1.46. The quantitative estimate of drug-likeness (QED) is 0.782. The molecular formula is C16H25N3OS. The van der Waals surface area contributed by atoms with Gasteiger partial charge in [0.25, 0.3) is 0 Å². The average molecular weight is 307 g/mol. The summed E-state index contributed by atoms with van der Waals surface area (Å²) in [5.41, 5.74) is 8.89. The Bertz CT molecular complexity index is 514. The van der Waals surface area contributed by atoms with Gasteiger partial charge in [-0.1, -0.05) is 31.3 Å². The van der Waals surface area contributed by atoms with Crippen LogP contribution in [-0.4, -0.2) is 47.9 Å². The van der Waals surface area contributed by atoms with Gasteiger partial charge in [-0.2, -0.15) is 0 Å². The van der Waals surface area contributed by atoms with Crippen molar-refractivity contribution in [3.63, 3.8) is 0 Å². The normalized spacial score (nSPS) is 10.7. The third kappa shape index (κ3) is 5.44. The number of thiocarbonyl (C=S) groups is 1. The molecule has 0 fully saturated rings. The summed E-state index contributed by atoms with van der Waals surface area (Å²) < 4.78 is 0. The monoisotopic (exact) mass is 307 g/mol. The number of hydrogen-bond acceptors (Lipinski definition) is 3. The summed E-state index contributed by atoms with van der Waals surface area (Å²) in [4.78, 5) is 16.1. The third-order valence-corrected chi connectivity index (χ3v) is 3.65. The Kier molecular flexibility index (Phi) is 6.78. The van der Waals surface area contributed by atoms with Gasteiger partial charge in [-0.25, -0.2) is 0 Å². The number of nitrogens with two attached hydrogens (primary N) is 1. The van der Waals surface area contributed by atoms with Gasteiger partial charge in [0.15, 0.2) is 0 Å². The van der Waals surface area contributed by atoms with Crippen molar-refractivity contribution in [3.05, 3.63) is 34.9 Å². The number of amides is 1. The van der Waals surface area contributed by atoms with Crippen LogP contribution in [0.15, 0.2) is 18.2 Å². The minimum absolute atomic E-state index is 0.126. The van der Waals surface area contributed by atoms with Crippen molar-refractivity contribution in [1.29, 1.82) is 0 Å². The second kappa shape index (κ2) is 8.10. The van der Waals surface area contributed by atoms with Crippen molar-refractivity contribution in [2.24, 2.45) is 5.73 Å². The van der Waals surface area contributed by atoms with Crippen LogP contribution in [-0.2, 0) is 11.3 Å².